The normalized spacial score (nSPS) is 9.18. The first kappa shape index (κ1) is 7.76. The van der Waals surface area contributed by atoms with Gasteiger partial charge in [-0.3, -0.25) is 10.5 Å². The quantitative estimate of drug-likeness (QED) is 0.366. The minimum atomic E-state index is -0.792. The summed E-state index contributed by atoms with van der Waals surface area (Å²) in [4.78, 5) is 14.0. The summed E-state index contributed by atoms with van der Waals surface area (Å²) < 4.78 is 0. The monoisotopic (exact) mass is 175 g/mol. The summed E-state index contributed by atoms with van der Waals surface area (Å²) >= 11 is 0.893. The molecule has 4 N–H and O–H groups in total. The van der Waals surface area contributed by atoms with Crippen molar-refractivity contribution in [1.82, 2.24) is 10.5 Å². The predicted octanol–water partition coefficient (Wildman–Crippen LogP) is 0.359. The van der Waals surface area contributed by atoms with Crippen molar-refractivity contribution in [2.75, 3.05) is 5.32 Å². The Bertz CT molecular complexity index is 261. The molecule has 0 aliphatic rings. The molecule has 0 bridgehead atoms. The van der Waals surface area contributed by atoms with Crippen molar-refractivity contribution in [3.8, 4) is 5.06 Å². The number of rotatable bonds is 1. The fourth-order valence-corrected chi connectivity index (χ4v) is 1.00. The van der Waals surface area contributed by atoms with E-state index in [1.165, 1.54) is 11.7 Å². The fraction of sp³-hybridized carbons (Fsp3) is 0. The van der Waals surface area contributed by atoms with Crippen molar-refractivity contribution < 1.29 is 15.1 Å². The summed E-state index contributed by atoms with van der Waals surface area (Å²) in [7, 11) is 0. The van der Waals surface area contributed by atoms with Crippen LogP contribution in [0.5, 0.6) is 5.06 Å². The molecule has 7 heteroatoms. The largest absolute Gasteiger partial charge is 0.498 e. The summed E-state index contributed by atoms with van der Waals surface area (Å²) in [5.74, 6) is 0. The summed E-state index contributed by atoms with van der Waals surface area (Å²) in [6.45, 7) is 0. The van der Waals surface area contributed by atoms with Crippen LogP contribution in [0.4, 0.5) is 9.93 Å². The van der Waals surface area contributed by atoms with E-state index in [1.54, 1.807) is 0 Å². The van der Waals surface area contributed by atoms with Crippen LogP contribution in [0.2, 0.25) is 0 Å². The highest BCUT2D eigenvalue weighted by Crippen LogP contribution is 2.23. The average molecular weight is 175 g/mol. The van der Waals surface area contributed by atoms with Crippen LogP contribution in [0.15, 0.2) is 6.20 Å². The maximum absolute atomic E-state index is 10.4. The Balaban J connectivity index is 2.57. The van der Waals surface area contributed by atoms with Crippen molar-refractivity contribution in [2.45, 2.75) is 0 Å². The van der Waals surface area contributed by atoms with Crippen molar-refractivity contribution >= 4 is 22.5 Å². The summed E-state index contributed by atoms with van der Waals surface area (Å²) in [6, 6.07) is -0.792. The van der Waals surface area contributed by atoms with Gasteiger partial charge < -0.3 is 5.11 Å². The Morgan fingerprint density at radius 2 is 2.45 bits per heavy atom. The van der Waals surface area contributed by atoms with Crippen LogP contribution in [-0.4, -0.2) is 21.3 Å². The van der Waals surface area contributed by atoms with Crippen molar-refractivity contribution in [3.63, 3.8) is 0 Å². The molecule has 60 valence electrons. The second-order valence-corrected chi connectivity index (χ2v) is 2.58. The van der Waals surface area contributed by atoms with E-state index in [-0.39, 0.29) is 10.2 Å². The smallest absolute Gasteiger partial charge is 0.344 e. The van der Waals surface area contributed by atoms with E-state index >= 15 is 0 Å². The third-order valence-electron chi connectivity index (χ3n) is 0.815. The molecule has 0 spiro atoms. The topological polar surface area (TPSA) is 94.5 Å². The van der Waals surface area contributed by atoms with Gasteiger partial charge >= 0.3 is 6.03 Å². The molecule has 0 radical (unpaired) electrons. The lowest BCUT2D eigenvalue weighted by atomic mass is 10.9. The number of hydrogen-bond acceptors (Lipinski definition) is 5. The number of nitrogens with zero attached hydrogens (tertiary/aromatic N) is 1. The van der Waals surface area contributed by atoms with E-state index in [4.69, 9.17) is 10.3 Å². The highest BCUT2D eigenvalue weighted by atomic mass is 32.1. The third-order valence-corrected chi connectivity index (χ3v) is 1.53. The Hall–Kier alpha value is -1.34. The molecule has 1 aromatic heterocycles. The van der Waals surface area contributed by atoms with Crippen molar-refractivity contribution in [2.24, 2.45) is 0 Å². The molecule has 11 heavy (non-hydrogen) atoms. The fourth-order valence-electron chi connectivity index (χ4n) is 0.448. The molecule has 1 heterocycles. The van der Waals surface area contributed by atoms with Crippen LogP contribution >= 0.6 is 11.3 Å². The zero-order valence-electron chi connectivity index (χ0n) is 5.24. The lowest BCUT2D eigenvalue weighted by Crippen LogP contribution is -2.24. The second kappa shape index (κ2) is 3.17. The molecule has 0 aliphatic heterocycles. The SMILES string of the molecule is O=C(NO)Nc1ncc(O)s1. The molecule has 6 nitrogen and oxygen atoms in total. The Morgan fingerprint density at radius 3 is 2.91 bits per heavy atom. The first-order valence-electron chi connectivity index (χ1n) is 2.58. The van der Waals surface area contributed by atoms with Gasteiger partial charge in [0.2, 0.25) is 0 Å². The Labute approximate surface area is 65.5 Å². The molecule has 0 aromatic carbocycles. The molecule has 0 saturated carbocycles. The molecule has 0 saturated heterocycles. The molecule has 0 aliphatic carbocycles. The third kappa shape index (κ3) is 2.06. The van der Waals surface area contributed by atoms with Gasteiger partial charge in [-0.15, -0.1) is 0 Å². The van der Waals surface area contributed by atoms with E-state index in [0.29, 0.717) is 0 Å². The molecule has 1 rings (SSSR count). The van der Waals surface area contributed by atoms with Gasteiger partial charge in [-0.2, -0.15) is 0 Å². The summed E-state index contributed by atoms with van der Waals surface area (Å²) in [5.41, 5.74) is 1.36. The highest BCUT2D eigenvalue weighted by Gasteiger charge is 2.03. The lowest BCUT2D eigenvalue weighted by molar-refractivity contribution is 0.172. The van der Waals surface area contributed by atoms with Gasteiger partial charge in [-0.1, -0.05) is 11.3 Å². The average Bonchev–Trinajstić information content (AvgIpc) is 2.35. The van der Waals surface area contributed by atoms with Gasteiger partial charge in [0.1, 0.15) is 0 Å². The standard InChI is InChI=1S/C4H5N3O3S/c8-2-1-5-4(11-2)6-3(9)7-10/h1,8,10H,(H2,5,6,7,9). The zero-order chi connectivity index (χ0) is 8.27. The van der Waals surface area contributed by atoms with Gasteiger partial charge in [0, 0.05) is 0 Å². The van der Waals surface area contributed by atoms with Gasteiger partial charge in [0.05, 0.1) is 6.20 Å². The molecule has 0 fully saturated rings. The number of aromatic nitrogens is 1. The van der Waals surface area contributed by atoms with E-state index < -0.39 is 6.03 Å². The van der Waals surface area contributed by atoms with Crippen LogP contribution < -0.4 is 10.8 Å². The van der Waals surface area contributed by atoms with Gasteiger partial charge in [-0.25, -0.2) is 15.3 Å². The number of carbonyl (C=O) groups excluding carboxylic acids is 1. The number of hydrogen-bond donors (Lipinski definition) is 4. The van der Waals surface area contributed by atoms with E-state index in [1.807, 2.05) is 0 Å². The minimum Gasteiger partial charge on any atom is -0.498 e. The number of aromatic hydroxyl groups is 1. The number of carbonyl (C=O) groups is 1. The maximum atomic E-state index is 10.4. The molecule has 0 unspecified atom stereocenters. The molecular weight excluding hydrogens is 170 g/mol. The number of thiazole rings is 1. The molecular formula is C4H5N3O3S. The molecule has 2 amide bonds. The van der Waals surface area contributed by atoms with E-state index in [0.717, 1.165) is 11.3 Å². The van der Waals surface area contributed by atoms with Crippen molar-refractivity contribution in [1.29, 1.82) is 0 Å². The number of nitrogens with one attached hydrogen (secondary N) is 2. The minimum absolute atomic E-state index is 0.00163. The van der Waals surface area contributed by atoms with E-state index in [9.17, 15) is 4.79 Å². The Kier molecular flexibility index (Phi) is 2.24. The predicted molar refractivity (Wildman–Crippen MR) is 37.7 cm³/mol. The summed E-state index contributed by atoms with van der Waals surface area (Å²) in [6.07, 6.45) is 1.19. The van der Waals surface area contributed by atoms with Gasteiger partial charge in [0.15, 0.2) is 10.2 Å². The second-order valence-electron chi connectivity index (χ2n) is 1.57. The lowest BCUT2D eigenvalue weighted by Gasteiger charge is -1.95. The highest BCUT2D eigenvalue weighted by molar-refractivity contribution is 7.17. The zero-order valence-corrected chi connectivity index (χ0v) is 6.05. The first-order valence-corrected chi connectivity index (χ1v) is 3.40. The van der Waals surface area contributed by atoms with Crippen LogP contribution in [0.25, 0.3) is 0 Å². The number of urea groups is 1. The molecule has 1 aromatic rings. The number of hydroxylamine groups is 1. The first-order chi connectivity index (χ1) is 5.22. The number of anilines is 1. The Morgan fingerprint density at radius 1 is 1.73 bits per heavy atom. The van der Waals surface area contributed by atoms with Gasteiger partial charge in [-0.05, 0) is 0 Å². The van der Waals surface area contributed by atoms with Crippen LogP contribution in [0.3, 0.4) is 0 Å². The van der Waals surface area contributed by atoms with Crippen molar-refractivity contribution in [3.05, 3.63) is 6.20 Å². The van der Waals surface area contributed by atoms with E-state index in [2.05, 4.69) is 10.3 Å². The van der Waals surface area contributed by atoms with Gasteiger partial charge in [0.25, 0.3) is 0 Å². The van der Waals surface area contributed by atoms with Crippen LogP contribution in [0, 0.1) is 0 Å². The summed E-state index contributed by atoms with van der Waals surface area (Å²) in [5, 5.41) is 19.2. The molecule has 0 atom stereocenters. The van der Waals surface area contributed by atoms with Crippen LogP contribution in [-0.2, 0) is 0 Å². The maximum Gasteiger partial charge on any atom is 0.344 e. The van der Waals surface area contributed by atoms with Crippen LogP contribution in [0.1, 0.15) is 0 Å². The number of amides is 2.